The fourth-order valence-corrected chi connectivity index (χ4v) is 3.28. The summed E-state index contributed by atoms with van der Waals surface area (Å²) in [6.07, 6.45) is 0. The Morgan fingerprint density at radius 2 is 1.41 bits per heavy atom. The van der Waals surface area contributed by atoms with Gasteiger partial charge in [-0.15, -0.1) is 0 Å². The zero-order valence-electron chi connectivity index (χ0n) is 11.1. The van der Waals surface area contributed by atoms with Gasteiger partial charge in [0.2, 0.25) is 0 Å². The van der Waals surface area contributed by atoms with Gasteiger partial charge < -0.3 is 0 Å². The van der Waals surface area contributed by atoms with Gasteiger partial charge in [-0.25, -0.2) is 0 Å². The lowest BCUT2D eigenvalue weighted by atomic mass is 10.0. The summed E-state index contributed by atoms with van der Waals surface area (Å²) in [4.78, 5) is 20.2. The quantitative estimate of drug-likeness (QED) is 0.377. The zero-order valence-corrected chi connectivity index (χ0v) is 14.2. The molecule has 8 heteroatoms. The molecule has 114 valence electrons. The summed E-state index contributed by atoms with van der Waals surface area (Å²) in [7, 11) is 0. The van der Waals surface area contributed by atoms with Crippen molar-refractivity contribution in [1.82, 2.24) is 0 Å². The Morgan fingerprint density at radius 1 is 0.818 bits per heavy atom. The number of benzene rings is 2. The molecule has 0 fully saturated rings. The molecule has 0 saturated heterocycles. The van der Waals surface area contributed by atoms with Crippen molar-refractivity contribution in [2.75, 3.05) is 0 Å². The van der Waals surface area contributed by atoms with Gasteiger partial charge in [-0.2, -0.15) is 0 Å². The zero-order chi connectivity index (χ0) is 16.3. The Bertz CT molecular complexity index is 706. The maximum Gasteiger partial charge on any atom is 0.273 e. The summed E-state index contributed by atoms with van der Waals surface area (Å²) >= 11 is 6.96. The first-order chi connectivity index (χ1) is 10.4. The fraction of sp³-hybridized carbons (Fsp3) is 0.143. The third-order valence-electron chi connectivity index (χ3n) is 3.11. The molecule has 0 aliphatic rings. The van der Waals surface area contributed by atoms with Crippen LogP contribution in [-0.4, -0.2) is 9.85 Å². The average molecular weight is 430 g/mol. The van der Waals surface area contributed by atoms with Crippen LogP contribution < -0.4 is 0 Å². The van der Waals surface area contributed by atoms with Crippen LogP contribution in [0.2, 0.25) is 0 Å². The molecule has 0 heterocycles. The maximum absolute atomic E-state index is 11.1. The molecule has 0 aliphatic heterocycles. The first-order valence-corrected chi connectivity index (χ1v) is 8.00. The number of nitro benzene ring substituents is 2. The molecule has 0 radical (unpaired) electrons. The Labute approximate surface area is 142 Å². The van der Waals surface area contributed by atoms with E-state index in [-0.39, 0.29) is 21.0 Å². The molecule has 2 aromatic rings. The van der Waals surface area contributed by atoms with Crippen molar-refractivity contribution in [3.8, 4) is 0 Å². The van der Waals surface area contributed by atoms with Crippen molar-refractivity contribution < 1.29 is 9.85 Å². The normalized spacial score (nSPS) is 13.4. The number of nitrogens with zero attached hydrogens (tertiary/aromatic N) is 2. The number of nitro groups is 2. The minimum absolute atomic E-state index is 0.000245. The van der Waals surface area contributed by atoms with Crippen LogP contribution in [-0.2, 0) is 0 Å². The molecule has 0 amide bonds. The lowest BCUT2D eigenvalue weighted by Gasteiger charge is -2.17. The number of para-hydroxylation sites is 1. The van der Waals surface area contributed by atoms with Gasteiger partial charge in [-0.3, -0.25) is 20.2 Å². The van der Waals surface area contributed by atoms with Crippen LogP contribution in [0.5, 0.6) is 0 Å². The lowest BCUT2D eigenvalue weighted by Crippen LogP contribution is -2.03. The van der Waals surface area contributed by atoms with Crippen molar-refractivity contribution in [3.05, 3.63) is 79.9 Å². The van der Waals surface area contributed by atoms with E-state index in [1.807, 2.05) is 0 Å². The smallest absolute Gasteiger partial charge is 0.258 e. The highest BCUT2D eigenvalue weighted by Crippen LogP contribution is 2.45. The standard InChI is InChI=1S/C14H10Br2N2O4/c15-13(9-5-7-10(8-6-9)17(19)20)14(16)11-3-1-2-4-12(11)18(21)22/h1-8,13-14H/t13-,14+/m1/s1. The van der Waals surface area contributed by atoms with E-state index in [4.69, 9.17) is 0 Å². The highest BCUT2D eigenvalue weighted by atomic mass is 79.9. The first-order valence-electron chi connectivity index (χ1n) is 6.17. The van der Waals surface area contributed by atoms with Gasteiger partial charge in [-0.05, 0) is 5.56 Å². The summed E-state index contributed by atoms with van der Waals surface area (Å²) < 4.78 is 0. The Balaban J connectivity index is 2.31. The van der Waals surface area contributed by atoms with Crippen LogP contribution >= 0.6 is 31.9 Å². The molecule has 0 aromatic heterocycles. The van der Waals surface area contributed by atoms with Crippen molar-refractivity contribution in [1.29, 1.82) is 0 Å². The van der Waals surface area contributed by atoms with Gasteiger partial charge in [0.1, 0.15) is 0 Å². The Hall–Kier alpha value is -1.80. The minimum Gasteiger partial charge on any atom is -0.258 e. The van der Waals surface area contributed by atoms with E-state index in [1.54, 1.807) is 30.3 Å². The largest absolute Gasteiger partial charge is 0.273 e. The van der Waals surface area contributed by atoms with E-state index < -0.39 is 9.85 Å². The second-order valence-electron chi connectivity index (χ2n) is 4.47. The molecule has 0 bridgehead atoms. The van der Waals surface area contributed by atoms with Crippen molar-refractivity contribution in [3.63, 3.8) is 0 Å². The number of halogens is 2. The molecular formula is C14H10Br2N2O4. The average Bonchev–Trinajstić information content (AvgIpc) is 2.53. The highest BCUT2D eigenvalue weighted by molar-refractivity contribution is 9.12. The molecular weight excluding hydrogens is 420 g/mol. The molecule has 0 aliphatic carbocycles. The summed E-state index contributed by atoms with van der Waals surface area (Å²) in [5.74, 6) is 0. The second-order valence-corrected chi connectivity index (χ2v) is 6.44. The van der Waals surface area contributed by atoms with Crippen LogP contribution in [0.3, 0.4) is 0 Å². The molecule has 2 rings (SSSR count). The molecule has 0 N–H and O–H groups in total. The number of rotatable bonds is 5. The monoisotopic (exact) mass is 428 g/mol. The number of hydrogen-bond donors (Lipinski definition) is 0. The molecule has 6 nitrogen and oxygen atoms in total. The van der Waals surface area contributed by atoms with E-state index in [9.17, 15) is 20.2 Å². The predicted molar refractivity (Wildman–Crippen MR) is 89.5 cm³/mol. The number of hydrogen-bond acceptors (Lipinski definition) is 4. The van der Waals surface area contributed by atoms with E-state index >= 15 is 0 Å². The van der Waals surface area contributed by atoms with Crippen molar-refractivity contribution in [2.45, 2.75) is 9.65 Å². The van der Waals surface area contributed by atoms with Crippen LogP contribution in [0.25, 0.3) is 0 Å². The van der Waals surface area contributed by atoms with Crippen LogP contribution in [0, 0.1) is 20.2 Å². The number of alkyl halides is 2. The van der Waals surface area contributed by atoms with E-state index in [0.29, 0.717) is 5.56 Å². The summed E-state index contributed by atoms with van der Waals surface area (Å²) in [5.41, 5.74) is 1.34. The van der Waals surface area contributed by atoms with Gasteiger partial charge in [-0.1, -0.05) is 62.2 Å². The van der Waals surface area contributed by atoms with Gasteiger partial charge >= 0.3 is 0 Å². The topological polar surface area (TPSA) is 86.3 Å². The highest BCUT2D eigenvalue weighted by Gasteiger charge is 2.26. The van der Waals surface area contributed by atoms with Crippen LogP contribution in [0.15, 0.2) is 48.5 Å². The Kier molecular flexibility index (Phi) is 5.25. The molecule has 2 atom stereocenters. The van der Waals surface area contributed by atoms with Gasteiger partial charge in [0.25, 0.3) is 11.4 Å². The minimum atomic E-state index is -0.472. The van der Waals surface area contributed by atoms with E-state index in [1.165, 1.54) is 18.2 Å². The predicted octanol–water partition coefficient (Wildman–Crippen LogP) is 5.08. The summed E-state index contributed by atoms with van der Waals surface area (Å²) in [6, 6.07) is 12.5. The summed E-state index contributed by atoms with van der Waals surface area (Å²) in [6.45, 7) is 0. The SMILES string of the molecule is O=[N+]([O-])c1ccc([C@@H](Br)[C@@H](Br)c2ccccc2[N+](=O)[O-])cc1. The van der Waals surface area contributed by atoms with E-state index in [2.05, 4.69) is 31.9 Å². The molecule has 0 spiro atoms. The van der Waals surface area contributed by atoms with Crippen LogP contribution in [0.4, 0.5) is 11.4 Å². The molecule has 2 aromatic carbocycles. The first kappa shape index (κ1) is 16.6. The van der Waals surface area contributed by atoms with E-state index in [0.717, 1.165) is 5.56 Å². The van der Waals surface area contributed by atoms with Gasteiger partial charge in [0.15, 0.2) is 0 Å². The Morgan fingerprint density at radius 3 is 1.95 bits per heavy atom. The fourth-order valence-electron chi connectivity index (χ4n) is 1.99. The van der Waals surface area contributed by atoms with Gasteiger partial charge in [0.05, 0.1) is 19.5 Å². The third-order valence-corrected chi connectivity index (χ3v) is 5.90. The molecule has 22 heavy (non-hydrogen) atoms. The lowest BCUT2D eigenvalue weighted by molar-refractivity contribution is -0.385. The maximum atomic E-state index is 11.1. The second kappa shape index (κ2) is 6.97. The molecule has 0 unspecified atom stereocenters. The van der Waals surface area contributed by atoms with Crippen molar-refractivity contribution in [2.24, 2.45) is 0 Å². The summed E-state index contributed by atoms with van der Waals surface area (Å²) in [5, 5.41) is 21.8. The third kappa shape index (κ3) is 3.50. The van der Waals surface area contributed by atoms with Crippen LogP contribution in [0.1, 0.15) is 20.8 Å². The molecule has 0 saturated carbocycles. The van der Waals surface area contributed by atoms with Gasteiger partial charge in [0, 0.05) is 23.8 Å². The number of non-ortho nitro benzene ring substituents is 1. The van der Waals surface area contributed by atoms with Crippen molar-refractivity contribution >= 4 is 43.2 Å².